The molecule has 0 bridgehead atoms. The summed E-state index contributed by atoms with van der Waals surface area (Å²) >= 11 is 0. The first kappa shape index (κ1) is 21.2. The van der Waals surface area contributed by atoms with Crippen LogP contribution < -0.4 is 0 Å². The molecule has 0 radical (unpaired) electrons. The van der Waals surface area contributed by atoms with Crippen molar-refractivity contribution in [2.45, 2.75) is 47.0 Å². The van der Waals surface area contributed by atoms with Crippen LogP contribution in [0.2, 0.25) is 0 Å². The van der Waals surface area contributed by atoms with Gasteiger partial charge in [-0.05, 0) is 40.2 Å². The zero-order chi connectivity index (χ0) is 22.9. The molecule has 0 aliphatic heterocycles. The summed E-state index contributed by atoms with van der Waals surface area (Å²) in [5, 5.41) is 10.8. The summed E-state index contributed by atoms with van der Waals surface area (Å²) in [7, 11) is 0. The molecule has 0 spiro atoms. The van der Waals surface area contributed by atoms with Gasteiger partial charge in [0.15, 0.2) is 17.3 Å². The van der Waals surface area contributed by atoms with Crippen LogP contribution in [0.1, 0.15) is 63.0 Å². The van der Waals surface area contributed by atoms with Gasteiger partial charge in [-0.25, -0.2) is 0 Å². The molecule has 3 aliphatic rings. The van der Waals surface area contributed by atoms with Crippen LogP contribution in [0.4, 0.5) is 0 Å². The molecular weight excluding hydrogens is 388 g/mol. The quantitative estimate of drug-likeness (QED) is 0.498. The highest BCUT2D eigenvalue weighted by Crippen LogP contribution is 2.42. The first-order valence-electron chi connectivity index (χ1n) is 10.6. The maximum Gasteiger partial charge on any atom is 0.197 e. The van der Waals surface area contributed by atoms with Gasteiger partial charge < -0.3 is 5.11 Å². The van der Waals surface area contributed by atoms with Crippen LogP contribution in [0.3, 0.4) is 0 Å². The second-order valence-electron chi connectivity index (χ2n) is 10.7. The van der Waals surface area contributed by atoms with Gasteiger partial charge in [-0.3, -0.25) is 14.4 Å². The number of rotatable bonds is 1. The van der Waals surface area contributed by atoms with E-state index in [1.807, 2.05) is 24.3 Å². The third-order valence-corrected chi connectivity index (χ3v) is 6.41. The van der Waals surface area contributed by atoms with Crippen molar-refractivity contribution >= 4 is 23.1 Å². The Kier molecular flexibility index (Phi) is 4.62. The predicted molar refractivity (Wildman–Crippen MR) is 121 cm³/mol. The normalized spacial score (nSPS) is 24.8. The summed E-state index contributed by atoms with van der Waals surface area (Å²) in [4.78, 5) is 39.0. The van der Waals surface area contributed by atoms with Crippen molar-refractivity contribution in [2.24, 2.45) is 17.3 Å². The van der Waals surface area contributed by atoms with Crippen molar-refractivity contribution in [2.75, 3.05) is 0 Å². The zero-order valence-electron chi connectivity index (χ0n) is 18.9. The Balaban J connectivity index is 1.75. The summed E-state index contributed by atoms with van der Waals surface area (Å²) in [6.07, 6.45) is 6.88. The molecule has 3 aliphatic carbocycles. The van der Waals surface area contributed by atoms with Crippen LogP contribution in [-0.2, 0) is 15.0 Å². The molecule has 160 valence electrons. The lowest BCUT2D eigenvalue weighted by atomic mass is 9.78. The van der Waals surface area contributed by atoms with Gasteiger partial charge >= 0.3 is 0 Å². The van der Waals surface area contributed by atoms with Gasteiger partial charge in [0.1, 0.15) is 5.76 Å². The molecular formula is C27H28O4. The summed E-state index contributed by atoms with van der Waals surface area (Å²) in [6.45, 7) is 12.3. The van der Waals surface area contributed by atoms with E-state index in [0.717, 1.165) is 11.1 Å². The summed E-state index contributed by atoms with van der Waals surface area (Å²) in [5.74, 6) is -2.21. The number of benzene rings is 1. The summed E-state index contributed by atoms with van der Waals surface area (Å²) in [5.41, 5.74) is 2.57. The predicted octanol–water partition coefficient (Wildman–Crippen LogP) is 5.30. The Hall–Kier alpha value is -3.01. The van der Waals surface area contributed by atoms with E-state index in [1.54, 1.807) is 12.1 Å². The van der Waals surface area contributed by atoms with Gasteiger partial charge in [0.2, 0.25) is 0 Å². The van der Waals surface area contributed by atoms with E-state index >= 15 is 0 Å². The van der Waals surface area contributed by atoms with E-state index in [0.29, 0.717) is 11.1 Å². The molecule has 1 fully saturated rings. The number of carbonyl (C=O) groups is 3. The summed E-state index contributed by atoms with van der Waals surface area (Å²) in [6, 6.07) is 5.40. The van der Waals surface area contributed by atoms with Crippen LogP contribution in [0.15, 0.2) is 59.2 Å². The fraction of sp³-hybridized carbons (Fsp3) is 0.370. The minimum atomic E-state index is -0.549. The van der Waals surface area contributed by atoms with Crippen molar-refractivity contribution in [3.63, 3.8) is 0 Å². The largest absolute Gasteiger partial charge is 0.507 e. The van der Waals surface area contributed by atoms with E-state index < -0.39 is 11.8 Å². The Labute approximate surface area is 183 Å². The minimum absolute atomic E-state index is 0.00944. The van der Waals surface area contributed by atoms with E-state index in [2.05, 4.69) is 41.5 Å². The van der Waals surface area contributed by atoms with Gasteiger partial charge in [-0.2, -0.15) is 0 Å². The SMILES string of the molecule is CC(C)(C)C1=CC2C(=O)C(=CC3=C(O)c4cc(C(C)(C)C)ccc4C3=O)C(=O)C2C=C1. The van der Waals surface area contributed by atoms with Crippen LogP contribution >= 0.6 is 0 Å². The third kappa shape index (κ3) is 3.34. The average Bonchev–Trinajstić information content (AvgIpc) is 3.07. The first-order valence-corrected chi connectivity index (χ1v) is 10.6. The van der Waals surface area contributed by atoms with Crippen molar-refractivity contribution in [1.29, 1.82) is 0 Å². The number of aliphatic hydroxyl groups is 1. The van der Waals surface area contributed by atoms with Crippen LogP contribution in [-0.4, -0.2) is 22.5 Å². The van der Waals surface area contributed by atoms with Crippen molar-refractivity contribution in [3.05, 3.63) is 75.9 Å². The maximum absolute atomic E-state index is 13.1. The number of carbonyl (C=O) groups excluding carboxylic acids is 3. The lowest BCUT2D eigenvalue weighted by Gasteiger charge is -2.25. The molecule has 31 heavy (non-hydrogen) atoms. The Bertz CT molecular complexity index is 1160. The topological polar surface area (TPSA) is 71.4 Å². The van der Waals surface area contributed by atoms with Gasteiger partial charge in [0.25, 0.3) is 0 Å². The number of Topliss-reactive ketones (excluding diaryl/α,β-unsaturated/α-hetero) is 3. The minimum Gasteiger partial charge on any atom is -0.507 e. The van der Waals surface area contributed by atoms with Gasteiger partial charge in [-0.1, -0.05) is 65.8 Å². The van der Waals surface area contributed by atoms with Gasteiger partial charge in [-0.15, -0.1) is 0 Å². The molecule has 4 rings (SSSR count). The standard InChI is InChI=1S/C27H28O4/c1-26(2,3)14-7-9-16-18(11-14)24(30)20(22(16)28)13-21-23(29)17-10-8-15(27(4,5)6)12-19(17)25(21)31/h7-13,16,18,31H,1-6H3. The molecule has 0 aromatic heterocycles. The molecule has 1 aromatic carbocycles. The molecule has 0 saturated heterocycles. The van der Waals surface area contributed by atoms with Gasteiger partial charge in [0, 0.05) is 11.1 Å². The molecule has 1 saturated carbocycles. The van der Waals surface area contributed by atoms with Crippen LogP contribution in [0.5, 0.6) is 0 Å². The van der Waals surface area contributed by atoms with Gasteiger partial charge in [0.05, 0.1) is 23.0 Å². The zero-order valence-corrected chi connectivity index (χ0v) is 18.9. The highest BCUT2D eigenvalue weighted by Gasteiger charge is 2.45. The van der Waals surface area contributed by atoms with Crippen molar-refractivity contribution in [3.8, 4) is 0 Å². The smallest absolute Gasteiger partial charge is 0.197 e. The second kappa shape index (κ2) is 6.74. The van der Waals surface area contributed by atoms with Crippen molar-refractivity contribution < 1.29 is 19.5 Å². The highest BCUT2D eigenvalue weighted by atomic mass is 16.3. The molecule has 1 N–H and O–H groups in total. The lowest BCUT2D eigenvalue weighted by molar-refractivity contribution is -0.117. The second-order valence-corrected chi connectivity index (χ2v) is 10.7. The lowest BCUT2D eigenvalue weighted by Crippen LogP contribution is -2.20. The Morgan fingerprint density at radius 1 is 0.871 bits per heavy atom. The molecule has 0 amide bonds. The number of hydrogen-bond donors (Lipinski definition) is 1. The van der Waals surface area contributed by atoms with E-state index in [1.165, 1.54) is 6.08 Å². The molecule has 0 heterocycles. The molecule has 2 atom stereocenters. The Morgan fingerprint density at radius 2 is 1.52 bits per heavy atom. The first-order chi connectivity index (χ1) is 14.3. The summed E-state index contributed by atoms with van der Waals surface area (Å²) < 4.78 is 0. The van der Waals surface area contributed by atoms with Crippen molar-refractivity contribution in [1.82, 2.24) is 0 Å². The number of fused-ring (bicyclic) bond motifs is 2. The molecule has 2 unspecified atom stereocenters. The number of hydrogen-bond acceptors (Lipinski definition) is 4. The Morgan fingerprint density at radius 3 is 2.13 bits per heavy atom. The number of allylic oxidation sites excluding steroid dienone is 7. The monoisotopic (exact) mass is 416 g/mol. The maximum atomic E-state index is 13.1. The average molecular weight is 417 g/mol. The fourth-order valence-corrected chi connectivity index (χ4v) is 4.37. The molecule has 1 aromatic rings. The molecule has 4 nitrogen and oxygen atoms in total. The fourth-order valence-electron chi connectivity index (χ4n) is 4.37. The van der Waals surface area contributed by atoms with Crippen LogP contribution in [0.25, 0.3) is 5.76 Å². The van der Waals surface area contributed by atoms with E-state index in [9.17, 15) is 19.5 Å². The number of aliphatic hydroxyl groups excluding tert-OH is 1. The van der Waals surface area contributed by atoms with E-state index in [4.69, 9.17) is 0 Å². The highest BCUT2D eigenvalue weighted by molar-refractivity contribution is 6.31. The molecule has 4 heteroatoms. The third-order valence-electron chi connectivity index (χ3n) is 6.41. The van der Waals surface area contributed by atoms with E-state index in [-0.39, 0.29) is 45.1 Å². The van der Waals surface area contributed by atoms with Crippen LogP contribution in [0, 0.1) is 17.3 Å². The number of ketones is 3.